The van der Waals surface area contributed by atoms with Crippen molar-refractivity contribution in [3.05, 3.63) is 21.9 Å². The molecule has 1 unspecified atom stereocenters. The third-order valence-corrected chi connectivity index (χ3v) is 4.08. The minimum absolute atomic E-state index is 0.0774. The maximum Gasteiger partial charge on any atom is 0.230 e. The van der Waals surface area contributed by atoms with E-state index in [2.05, 4.69) is 18.3 Å². The SMILES string of the molecule is CCc1ccc(CNC(=O)C(CC)C(N)=S)s1. The molecule has 94 valence electrons. The van der Waals surface area contributed by atoms with Crippen LogP contribution < -0.4 is 11.1 Å². The van der Waals surface area contributed by atoms with Gasteiger partial charge in [-0.1, -0.05) is 26.1 Å². The van der Waals surface area contributed by atoms with Crippen LogP contribution in [0.25, 0.3) is 0 Å². The lowest BCUT2D eigenvalue weighted by Crippen LogP contribution is -2.37. The van der Waals surface area contributed by atoms with E-state index in [9.17, 15) is 4.79 Å². The maximum atomic E-state index is 11.8. The minimum atomic E-state index is -0.351. The number of amides is 1. The highest BCUT2D eigenvalue weighted by molar-refractivity contribution is 7.80. The largest absolute Gasteiger partial charge is 0.393 e. The van der Waals surface area contributed by atoms with Gasteiger partial charge in [0.2, 0.25) is 5.91 Å². The van der Waals surface area contributed by atoms with Gasteiger partial charge in [0, 0.05) is 9.75 Å². The van der Waals surface area contributed by atoms with Gasteiger partial charge in [0.25, 0.3) is 0 Å². The molecule has 3 nitrogen and oxygen atoms in total. The lowest BCUT2D eigenvalue weighted by molar-refractivity contribution is -0.123. The van der Waals surface area contributed by atoms with Gasteiger partial charge in [-0.2, -0.15) is 0 Å². The van der Waals surface area contributed by atoms with Crippen LogP contribution in [0.1, 0.15) is 30.0 Å². The summed E-state index contributed by atoms with van der Waals surface area (Å²) in [6, 6.07) is 4.14. The first kappa shape index (κ1) is 14.1. The molecule has 1 aromatic rings. The van der Waals surface area contributed by atoms with Crippen molar-refractivity contribution in [3.63, 3.8) is 0 Å². The summed E-state index contributed by atoms with van der Waals surface area (Å²) in [7, 11) is 0. The van der Waals surface area contributed by atoms with Crippen LogP contribution in [0.2, 0.25) is 0 Å². The highest BCUT2D eigenvalue weighted by Gasteiger charge is 2.18. The van der Waals surface area contributed by atoms with Crippen molar-refractivity contribution in [1.29, 1.82) is 0 Å². The van der Waals surface area contributed by atoms with E-state index in [1.165, 1.54) is 4.88 Å². The summed E-state index contributed by atoms with van der Waals surface area (Å²) in [4.78, 5) is 14.5. The summed E-state index contributed by atoms with van der Waals surface area (Å²) >= 11 is 6.59. The third kappa shape index (κ3) is 4.09. The molecule has 3 N–H and O–H groups in total. The minimum Gasteiger partial charge on any atom is -0.393 e. The highest BCUT2D eigenvalue weighted by Crippen LogP contribution is 2.16. The molecule has 17 heavy (non-hydrogen) atoms. The van der Waals surface area contributed by atoms with Gasteiger partial charge in [-0.05, 0) is 25.0 Å². The van der Waals surface area contributed by atoms with Crippen LogP contribution in [0.5, 0.6) is 0 Å². The Kier molecular flexibility index (Phi) is 5.58. The molecule has 1 heterocycles. The Morgan fingerprint density at radius 1 is 1.47 bits per heavy atom. The number of carbonyl (C=O) groups is 1. The zero-order valence-electron chi connectivity index (χ0n) is 10.2. The number of thiocarbonyl (C=S) groups is 1. The van der Waals surface area contributed by atoms with Gasteiger partial charge in [-0.3, -0.25) is 4.79 Å². The second kappa shape index (κ2) is 6.71. The number of carbonyl (C=O) groups excluding carboxylic acids is 1. The summed E-state index contributed by atoms with van der Waals surface area (Å²) in [5.41, 5.74) is 5.52. The fourth-order valence-corrected chi connectivity index (χ4v) is 2.69. The van der Waals surface area contributed by atoms with E-state index in [4.69, 9.17) is 18.0 Å². The van der Waals surface area contributed by atoms with E-state index >= 15 is 0 Å². The van der Waals surface area contributed by atoms with Gasteiger partial charge in [0.05, 0.1) is 17.5 Å². The van der Waals surface area contributed by atoms with E-state index < -0.39 is 0 Å². The predicted octanol–water partition coefficient (Wildman–Crippen LogP) is 2.24. The predicted molar refractivity (Wildman–Crippen MR) is 76.1 cm³/mol. The number of nitrogens with one attached hydrogen (secondary N) is 1. The standard InChI is InChI=1S/C12H18N2OS2/c1-3-8-5-6-9(17-8)7-14-12(15)10(4-2)11(13)16/h5-6,10H,3-4,7H2,1-2H3,(H2,13,16)(H,14,15). The lowest BCUT2D eigenvalue weighted by atomic mass is 10.1. The van der Waals surface area contributed by atoms with Crippen LogP contribution >= 0.6 is 23.6 Å². The Morgan fingerprint density at radius 3 is 2.59 bits per heavy atom. The Labute approximate surface area is 111 Å². The molecule has 0 aliphatic carbocycles. The summed E-state index contributed by atoms with van der Waals surface area (Å²) < 4.78 is 0. The molecular formula is C12H18N2OS2. The lowest BCUT2D eigenvalue weighted by Gasteiger charge is -2.12. The summed E-state index contributed by atoms with van der Waals surface area (Å²) in [6.45, 7) is 4.58. The van der Waals surface area contributed by atoms with Crippen molar-refractivity contribution in [3.8, 4) is 0 Å². The topological polar surface area (TPSA) is 55.1 Å². The average Bonchev–Trinajstić information content (AvgIpc) is 2.74. The Morgan fingerprint density at radius 2 is 2.12 bits per heavy atom. The van der Waals surface area contributed by atoms with Gasteiger partial charge in [-0.25, -0.2) is 0 Å². The molecule has 0 radical (unpaired) electrons. The van der Waals surface area contributed by atoms with E-state index in [0.29, 0.717) is 13.0 Å². The molecule has 0 bridgehead atoms. The van der Waals surface area contributed by atoms with Crippen molar-refractivity contribution in [2.45, 2.75) is 33.2 Å². The molecule has 0 saturated heterocycles. The first-order valence-electron chi connectivity index (χ1n) is 5.73. The fraction of sp³-hybridized carbons (Fsp3) is 0.500. The number of nitrogens with two attached hydrogens (primary N) is 1. The van der Waals surface area contributed by atoms with Crippen LogP contribution in [0.3, 0.4) is 0 Å². The summed E-state index contributed by atoms with van der Waals surface area (Å²) in [5.74, 6) is -0.429. The summed E-state index contributed by atoms with van der Waals surface area (Å²) in [5, 5.41) is 2.87. The van der Waals surface area contributed by atoms with Crippen LogP contribution in [0, 0.1) is 5.92 Å². The smallest absolute Gasteiger partial charge is 0.230 e. The molecule has 0 aliphatic rings. The van der Waals surface area contributed by atoms with Crippen LogP contribution in [-0.4, -0.2) is 10.9 Å². The fourth-order valence-electron chi connectivity index (χ4n) is 1.52. The zero-order valence-corrected chi connectivity index (χ0v) is 11.8. The molecule has 0 aromatic carbocycles. The van der Waals surface area contributed by atoms with E-state index in [0.717, 1.165) is 11.3 Å². The third-order valence-electron chi connectivity index (χ3n) is 2.57. The van der Waals surface area contributed by atoms with E-state index in [1.807, 2.05) is 13.0 Å². The molecule has 0 aliphatic heterocycles. The highest BCUT2D eigenvalue weighted by atomic mass is 32.1. The number of rotatable bonds is 6. The number of thiophene rings is 1. The first-order chi connectivity index (χ1) is 8.08. The number of hydrogen-bond acceptors (Lipinski definition) is 3. The van der Waals surface area contributed by atoms with Crippen LogP contribution in [0.15, 0.2) is 12.1 Å². The molecule has 0 fully saturated rings. The molecule has 1 rings (SSSR count). The van der Waals surface area contributed by atoms with Gasteiger partial charge in [0.1, 0.15) is 0 Å². The van der Waals surface area contributed by atoms with Crippen molar-refractivity contribution in [2.75, 3.05) is 0 Å². The quantitative estimate of drug-likeness (QED) is 0.780. The number of aryl methyl sites for hydroxylation is 1. The van der Waals surface area contributed by atoms with Crippen molar-refractivity contribution in [1.82, 2.24) is 5.32 Å². The molecule has 0 spiro atoms. The zero-order chi connectivity index (χ0) is 12.8. The average molecular weight is 270 g/mol. The Hall–Kier alpha value is -0.940. The number of hydrogen-bond donors (Lipinski definition) is 2. The van der Waals surface area contributed by atoms with E-state index in [-0.39, 0.29) is 16.8 Å². The second-order valence-corrected chi connectivity index (χ2v) is 5.53. The second-order valence-electron chi connectivity index (χ2n) is 3.80. The molecule has 5 heteroatoms. The molecule has 0 saturated carbocycles. The van der Waals surface area contributed by atoms with Gasteiger partial charge in [-0.15, -0.1) is 11.3 Å². The molecular weight excluding hydrogens is 252 g/mol. The maximum absolute atomic E-state index is 11.8. The van der Waals surface area contributed by atoms with Gasteiger partial charge < -0.3 is 11.1 Å². The van der Waals surface area contributed by atoms with Crippen LogP contribution in [-0.2, 0) is 17.8 Å². The summed E-state index contributed by atoms with van der Waals surface area (Å²) in [6.07, 6.45) is 1.68. The molecule has 1 amide bonds. The monoisotopic (exact) mass is 270 g/mol. The molecule has 1 atom stereocenters. The van der Waals surface area contributed by atoms with Crippen molar-refractivity contribution in [2.24, 2.45) is 11.7 Å². The Balaban J connectivity index is 2.49. The van der Waals surface area contributed by atoms with E-state index in [1.54, 1.807) is 11.3 Å². The van der Waals surface area contributed by atoms with Gasteiger partial charge in [0.15, 0.2) is 0 Å². The molecule has 1 aromatic heterocycles. The normalized spacial score (nSPS) is 12.1. The van der Waals surface area contributed by atoms with Crippen LogP contribution in [0.4, 0.5) is 0 Å². The van der Waals surface area contributed by atoms with Crippen molar-refractivity contribution < 1.29 is 4.79 Å². The van der Waals surface area contributed by atoms with Crippen molar-refractivity contribution >= 4 is 34.5 Å². The first-order valence-corrected chi connectivity index (χ1v) is 6.95. The Bertz CT molecular complexity index is 401. The van der Waals surface area contributed by atoms with Gasteiger partial charge >= 0.3 is 0 Å².